The number of aromatic nitrogens is 2. The average molecular weight is 393 g/mol. The van der Waals surface area contributed by atoms with Crippen molar-refractivity contribution in [3.8, 4) is 5.75 Å². The van der Waals surface area contributed by atoms with Gasteiger partial charge in [-0.2, -0.15) is 0 Å². The first kappa shape index (κ1) is 18.4. The van der Waals surface area contributed by atoms with E-state index in [4.69, 9.17) is 4.74 Å². The molecule has 4 rings (SSSR count). The number of fused-ring (bicyclic) bond motifs is 1. The molecule has 3 aromatic rings. The highest BCUT2D eigenvalue weighted by molar-refractivity contribution is 8.00. The van der Waals surface area contributed by atoms with E-state index in [1.165, 1.54) is 16.7 Å². The normalized spacial score (nSPS) is 16.8. The number of ether oxygens (including phenoxy) is 1. The van der Waals surface area contributed by atoms with Crippen LogP contribution in [-0.2, 0) is 9.59 Å². The van der Waals surface area contributed by atoms with Crippen molar-refractivity contribution in [2.45, 2.75) is 30.7 Å². The largest absolute Gasteiger partial charge is 0.497 e. The summed E-state index contributed by atoms with van der Waals surface area (Å²) in [5.41, 5.74) is 3.36. The van der Waals surface area contributed by atoms with Crippen LogP contribution in [0.1, 0.15) is 17.7 Å². The molecule has 0 bridgehead atoms. The minimum absolute atomic E-state index is 0.129. The van der Waals surface area contributed by atoms with Crippen LogP contribution in [0, 0.1) is 13.8 Å². The molecule has 1 unspecified atom stereocenters. The Morgan fingerprint density at radius 1 is 1.07 bits per heavy atom. The summed E-state index contributed by atoms with van der Waals surface area (Å²) in [6.07, 6.45) is 0.129. The van der Waals surface area contributed by atoms with Gasteiger partial charge in [0.1, 0.15) is 11.0 Å². The zero-order chi connectivity index (χ0) is 19.8. The second kappa shape index (κ2) is 7.24. The number of hydrogen-bond acceptors (Lipinski definition) is 6. The Balaban J connectivity index is 1.59. The van der Waals surface area contributed by atoms with Crippen LogP contribution in [0.3, 0.4) is 0 Å². The Bertz CT molecular complexity index is 1080. The lowest BCUT2D eigenvalue weighted by atomic mass is 10.1. The molecule has 1 aromatic heterocycles. The fourth-order valence-corrected chi connectivity index (χ4v) is 4.28. The molecule has 142 valence electrons. The van der Waals surface area contributed by atoms with E-state index in [1.54, 1.807) is 31.4 Å². The van der Waals surface area contributed by atoms with E-state index in [2.05, 4.69) is 9.97 Å². The quantitative estimate of drug-likeness (QED) is 0.497. The molecule has 2 amide bonds. The van der Waals surface area contributed by atoms with E-state index in [9.17, 15) is 9.59 Å². The standard InChI is InChI=1S/C21H19N3O3S/c1-12-4-9-16-13(2)22-21(23-17(16)10-12)28-18-11-19(25)24(20(18)26)14-5-7-15(27-3)8-6-14/h4-10,18H,11H2,1-3H3. The second-order valence-corrected chi connectivity index (χ2v) is 7.86. The van der Waals surface area contributed by atoms with Gasteiger partial charge in [-0.3, -0.25) is 9.59 Å². The van der Waals surface area contributed by atoms with Crippen molar-refractivity contribution < 1.29 is 14.3 Å². The van der Waals surface area contributed by atoms with Crippen molar-refractivity contribution >= 4 is 40.2 Å². The zero-order valence-electron chi connectivity index (χ0n) is 15.8. The molecule has 0 saturated carbocycles. The molecule has 1 fully saturated rings. The maximum absolute atomic E-state index is 12.9. The van der Waals surface area contributed by atoms with Gasteiger partial charge < -0.3 is 4.74 Å². The number of methoxy groups -OCH3 is 1. The second-order valence-electron chi connectivity index (χ2n) is 6.69. The minimum atomic E-state index is -0.531. The Kier molecular flexibility index (Phi) is 4.77. The molecule has 1 saturated heterocycles. The lowest BCUT2D eigenvalue weighted by Gasteiger charge is -2.15. The van der Waals surface area contributed by atoms with Gasteiger partial charge in [-0.05, 0) is 49.7 Å². The first-order valence-corrected chi connectivity index (χ1v) is 9.77. The fourth-order valence-electron chi connectivity index (χ4n) is 3.25. The van der Waals surface area contributed by atoms with Gasteiger partial charge in [0.05, 0.1) is 18.3 Å². The number of carbonyl (C=O) groups excluding carboxylic acids is 2. The predicted molar refractivity (Wildman–Crippen MR) is 109 cm³/mol. The van der Waals surface area contributed by atoms with Gasteiger partial charge >= 0.3 is 0 Å². The van der Waals surface area contributed by atoms with Crippen molar-refractivity contribution in [1.29, 1.82) is 0 Å². The first-order chi connectivity index (χ1) is 13.5. The molecule has 1 atom stereocenters. The molecule has 2 aromatic carbocycles. The molecule has 2 heterocycles. The summed E-state index contributed by atoms with van der Waals surface area (Å²) in [6.45, 7) is 3.93. The topological polar surface area (TPSA) is 72.4 Å². The lowest BCUT2D eigenvalue weighted by molar-refractivity contribution is -0.121. The van der Waals surface area contributed by atoms with Gasteiger partial charge in [0.15, 0.2) is 5.16 Å². The number of hydrogen-bond donors (Lipinski definition) is 0. The number of thioether (sulfide) groups is 1. The summed E-state index contributed by atoms with van der Waals surface area (Å²) in [6, 6.07) is 12.9. The zero-order valence-corrected chi connectivity index (χ0v) is 16.6. The molecule has 6 nitrogen and oxygen atoms in total. The highest BCUT2D eigenvalue weighted by Crippen LogP contribution is 2.34. The smallest absolute Gasteiger partial charge is 0.247 e. The highest BCUT2D eigenvalue weighted by atomic mass is 32.2. The van der Waals surface area contributed by atoms with Gasteiger partial charge in [0, 0.05) is 17.5 Å². The number of amides is 2. The molecule has 28 heavy (non-hydrogen) atoms. The highest BCUT2D eigenvalue weighted by Gasteiger charge is 2.40. The van der Waals surface area contributed by atoms with E-state index in [0.29, 0.717) is 16.6 Å². The molecule has 1 aliphatic rings. The van der Waals surface area contributed by atoms with E-state index in [0.717, 1.165) is 22.2 Å². The molecule has 1 aliphatic heterocycles. The van der Waals surface area contributed by atoms with Crippen molar-refractivity contribution in [3.05, 3.63) is 53.7 Å². The summed E-state index contributed by atoms with van der Waals surface area (Å²) in [4.78, 5) is 35.7. The first-order valence-electron chi connectivity index (χ1n) is 8.89. The van der Waals surface area contributed by atoms with Crippen LogP contribution in [0.5, 0.6) is 5.75 Å². The minimum Gasteiger partial charge on any atom is -0.497 e. The van der Waals surface area contributed by atoms with Crippen LogP contribution in [0.2, 0.25) is 0 Å². The summed E-state index contributed by atoms with van der Waals surface area (Å²) in [7, 11) is 1.57. The Labute approximate surface area is 166 Å². The number of imide groups is 1. The third-order valence-electron chi connectivity index (χ3n) is 4.71. The Hall–Kier alpha value is -2.93. The van der Waals surface area contributed by atoms with Gasteiger partial charge in [-0.25, -0.2) is 14.9 Å². The van der Waals surface area contributed by atoms with Gasteiger partial charge in [-0.15, -0.1) is 0 Å². The number of benzene rings is 2. The SMILES string of the molecule is COc1ccc(N2C(=O)CC(Sc3nc(C)c4ccc(C)cc4n3)C2=O)cc1. The number of aryl methyl sites for hydroxylation is 2. The van der Waals surface area contributed by atoms with Crippen molar-refractivity contribution in [3.63, 3.8) is 0 Å². The Morgan fingerprint density at radius 2 is 1.82 bits per heavy atom. The third kappa shape index (κ3) is 3.33. The van der Waals surface area contributed by atoms with Crippen LogP contribution in [0.4, 0.5) is 5.69 Å². The molecular formula is C21H19N3O3S. The van der Waals surface area contributed by atoms with E-state index in [-0.39, 0.29) is 18.2 Å². The molecule has 0 N–H and O–H groups in total. The summed E-state index contributed by atoms with van der Waals surface area (Å²) >= 11 is 1.25. The number of anilines is 1. The van der Waals surface area contributed by atoms with Crippen LogP contribution in [-0.4, -0.2) is 34.1 Å². The molecule has 0 radical (unpaired) electrons. The molecule has 0 spiro atoms. The van der Waals surface area contributed by atoms with Crippen LogP contribution in [0.25, 0.3) is 10.9 Å². The number of nitrogens with zero attached hydrogens (tertiary/aromatic N) is 3. The number of carbonyl (C=O) groups is 2. The third-order valence-corrected chi connectivity index (χ3v) is 5.75. The number of rotatable bonds is 4. The fraction of sp³-hybridized carbons (Fsp3) is 0.238. The molecule has 7 heteroatoms. The van der Waals surface area contributed by atoms with Gasteiger partial charge in [0.2, 0.25) is 11.8 Å². The lowest BCUT2D eigenvalue weighted by Crippen LogP contribution is -2.31. The van der Waals surface area contributed by atoms with Gasteiger partial charge in [0.25, 0.3) is 0 Å². The van der Waals surface area contributed by atoms with Crippen LogP contribution in [0.15, 0.2) is 47.6 Å². The average Bonchev–Trinajstić information content (AvgIpc) is 2.94. The summed E-state index contributed by atoms with van der Waals surface area (Å²) in [5.74, 6) is 0.205. The molecular weight excluding hydrogens is 374 g/mol. The Morgan fingerprint density at radius 3 is 2.54 bits per heavy atom. The van der Waals surface area contributed by atoms with Crippen LogP contribution >= 0.6 is 11.8 Å². The summed E-state index contributed by atoms with van der Waals surface area (Å²) in [5, 5.41) is 0.971. The van der Waals surface area contributed by atoms with Crippen molar-refractivity contribution in [1.82, 2.24) is 9.97 Å². The van der Waals surface area contributed by atoms with Crippen molar-refractivity contribution in [2.24, 2.45) is 0 Å². The maximum atomic E-state index is 12.9. The van der Waals surface area contributed by atoms with E-state index >= 15 is 0 Å². The monoisotopic (exact) mass is 393 g/mol. The van der Waals surface area contributed by atoms with Gasteiger partial charge in [-0.1, -0.05) is 23.9 Å². The summed E-state index contributed by atoms with van der Waals surface area (Å²) < 4.78 is 5.13. The maximum Gasteiger partial charge on any atom is 0.247 e. The van der Waals surface area contributed by atoms with Crippen molar-refractivity contribution in [2.75, 3.05) is 12.0 Å². The van der Waals surface area contributed by atoms with E-state index < -0.39 is 5.25 Å². The van der Waals surface area contributed by atoms with Crippen LogP contribution < -0.4 is 9.64 Å². The van der Waals surface area contributed by atoms with E-state index in [1.807, 2.05) is 32.0 Å². The molecule has 0 aliphatic carbocycles. The predicted octanol–water partition coefficient (Wildman–Crippen LogP) is 3.68.